The predicted molar refractivity (Wildman–Crippen MR) is 130 cm³/mol. The van der Waals surface area contributed by atoms with Crippen molar-refractivity contribution in [2.75, 3.05) is 30.8 Å². The van der Waals surface area contributed by atoms with Crippen LogP contribution in [0.4, 0.5) is 11.8 Å². The lowest BCUT2D eigenvalue weighted by Gasteiger charge is -2.16. The van der Waals surface area contributed by atoms with Crippen LogP contribution in [-0.2, 0) is 25.5 Å². The van der Waals surface area contributed by atoms with Gasteiger partial charge in [0.2, 0.25) is 11.8 Å². The molecule has 3 heterocycles. The van der Waals surface area contributed by atoms with Crippen molar-refractivity contribution in [3.63, 3.8) is 0 Å². The Kier molecular flexibility index (Phi) is 9.24. The van der Waals surface area contributed by atoms with Crippen LogP contribution in [0.5, 0.6) is 5.88 Å². The molecule has 0 saturated carbocycles. The van der Waals surface area contributed by atoms with Crippen molar-refractivity contribution in [3.8, 4) is 5.88 Å². The van der Waals surface area contributed by atoms with E-state index in [4.69, 9.17) is 15.2 Å². The number of aromatic nitrogens is 2. The van der Waals surface area contributed by atoms with Gasteiger partial charge >= 0.3 is 11.9 Å². The van der Waals surface area contributed by atoms with Crippen molar-refractivity contribution in [2.45, 2.75) is 57.9 Å². The third kappa shape index (κ3) is 7.04. The molecule has 190 valence electrons. The molecule has 1 amide bonds. The number of hydrogen-bond donors (Lipinski definition) is 4. The Bertz CT molecular complexity index is 1060. The monoisotopic (exact) mass is 505 g/mol. The van der Waals surface area contributed by atoms with Crippen LogP contribution in [0.25, 0.3) is 0 Å². The standard InChI is InChI=1S/C23H31N5O6S/c1-3-33-17(29)11-9-15(22(32)34-4-2)26-20(30)16-10-8-14(35-16)7-5-6-13-12-25-19-18(13)21(31)28-23(24)27-19/h8,10,13,15H,3-7,9,11-12H2,1-2H3,(H,26,30)(H4,24,25,27,28,31)/t13?,15-/m1/s1. The molecule has 11 nitrogen and oxygen atoms in total. The average molecular weight is 506 g/mol. The molecule has 0 aromatic carbocycles. The third-order valence-electron chi connectivity index (χ3n) is 5.55. The number of esters is 2. The van der Waals surface area contributed by atoms with E-state index in [0.29, 0.717) is 22.8 Å². The molecule has 2 atom stereocenters. The number of nitrogen functional groups attached to an aromatic ring is 1. The number of aromatic hydroxyl groups is 1. The lowest BCUT2D eigenvalue weighted by atomic mass is 9.97. The highest BCUT2D eigenvalue weighted by Gasteiger charge is 2.28. The van der Waals surface area contributed by atoms with Crippen molar-refractivity contribution in [2.24, 2.45) is 0 Å². The summed E-state index contributed by atoms with van der Waals surface area (Å²) in [4.78, 5) is 46.1. The Labute approximate surface area is 207 Å². The van der Waals surface area contributed by atoms with Crippen LogP contribution in [0.3, 0.4) is 0 Å². The van der Waals surface area contributed by atoms with Crippen LogP contribution in [0.15, 0.2) is 12.1 Å². The van der Waals surface area contributed by atoms with Crippen molar-refractivity contribution >= 4 is 40.9 Å². The predicted octanol–water partition coefficient (Wildman–Crippen LogP) is 2.36. The molecule has 0 saturated heterocycles. The summed E-state index contributed by atoms with van der Waals surface area (Å²) in [5.74, 6) is -0.801. The molecule has 1 unspecified atom stereocenters. The first-order valence-corrected chi connectivity index (χ1v) is 12.5. The Balaban J connectivity index is 1.53. The summed E-state index contributed by atoms with van der Waals surface area (Å²) in [7, 11) is 0. The number of hydrogen-bond acceptors (Lipinski definition) is 11. The summed E-state index contributed by atoms with van der Waals surface area (Å²) < 4.78 is 9.94. The minimum absolute atomic E-state index is 0.000366. The maximum atomic E-state index is 12.7. The van der Waals surface area contributed by atoms with Gasteiger partial charge in [-0.2, -0.15) is 9.97 Å². The zero-order valence-corrected chi connectivity index (χ0v) is 20.7. The first kappa shape index (κ1) is 26.2. The average Bonchev–Trinajstić information content (AvgIpc) is 3.44. The molecule has 0 fully saturated rings. The smallest absolute Gasteiger partial charge is 0.328 e. The number of anilines is 2. The van der Waals surface area contributed by atoms with E-state index < -0.39 is 23.9 Å². The van der Waals surface area contributed by atoms with Crippen LogP contribution in [-0.4, -0.2) is 58.7 Å². The second-order valence-electron chi connectivity index (χ2n) is 8.03. The fourth-order valence-electron chi connectivity index (χ4n) is 3.93. The molecule has 0 radical (unpaired) electrons. The molecule has 12 heteroatoms. The van der Waals surface area contributed by atoms with Gasteiger partial charge in [0.15, 0.2) is 0 Å². The second-order valence-corrected chi connectivity index (χ2v) is 9.19. The largest absolute Gasteiger partial charge is 0.493 e. The van der Waals surface area contributed by atoms with E-state index in [1.165, 1.54) is 11.3 Å². The normalized spacial score (nSPS) is 15.1. The summed E-state index contributed by atoms with van der Waals surface area (Å²) in [6, 6.07) is 2.67. The van der Waals surface area contributed by atoms with Gasteiger partial charge in [0.25, 0.3) is 5.91 Å². The van der Waals surface area contributed by atoms with Crippen molar-refractivity contribution < 1.29 is 29.0 Å². The highest BCUT2D eigenvalue weighted by Crippen LogP contribution is 2.38. The zero-order chi connectivity index (χ0) is 25.4. The number of aryl methyl sites for hydroxylation is 1. The molecule has 2 aromatic rings. The molecular weight excluding hydrogens is 474 g/mol. The number of nitrogens with one attached hydrogen (secondary N) is 2. The molecule has 35 heavy (non-hydrogen) atoms. The number of ether oxygens (including phenoxy) is 2. The minimum atomic E-state index is -0.934. The van der Waals surface area contributed by atoms with E-state index in [1.54, 1.807) is 19.9 Å². The van der Waals surface area contributed by atoms with Crippen LogP contribution < -0.4 is 16.4 Å². The molecule has 2 aromatic heterocycles. The fourth-order valence-corrected chi connectivity index (χ4v) is 4.88. The van der Waals surface area contributed by atoms with Crippen molar-refractivity contribution in [3.05, 3.63) is 27.5 Å². The maximum Gasteiger partial charge on any atom is 0.328 e. The van der Waals surface area contributed by atoms with Gasteiger partial charge in [-0.15, -0.1) is 11.3 Å². The van der Waals surface area contributed by atoms with Gasteiger partial charge in [-0.1, -0.05) is 0 Å². The summed E-state index contributed by atoms with van der Waals surface area (Å²) in [5, 5.41) is 16.0. The quantitative estimate of drug-likeness (QED) is 0.315. The maximum absolute atomic E-state index is 12.7. The minimum Gasteiger partial charge on any atom is -0.493 e. The van der Waals surface area contributed by atoms with E-state index in [9.17, 15) is 19.5 Å². The number of nitrogens with two attached hydrogens (primary N) is 1. The van der Waals surface area contributed by atoms with Crippen LogP contribution in [0, 0.1) is 0 Å². The number of amides is 1. The number of nitrogens with zero attached hydrogens (tertiary/aromatic N) is 2. The third-order valence-corrected chi connectivity index (χ3v) is 6.69. The van der Waals surface area contributed by atoms with Gasteiger partial charge in [0.1, 0.15) is 11.9 Å². The summed E-state index contributed by atoms with van der Waals surface area (Å²) in [6.45, 7) is 4.46. The van der Waals surface area contributed by atoms with Gasteiger partial charge in [-0.05, 0) is 51.7 Å². The van der Waals surface area contributed by atoms with Gasteiger partial charge in [-0.25, -0.2) is 4.79 Å². The van der Waals surface area contributed by atoms with Crippen LogP contribution in [0.1, 0.15) is 65.6 Å². The lowest BCUT2D eigenvalue weighted by molar-refractivity contribution is -0.146. The second kappa shape index (κ2) is 12.3. The summed E-state index contributed by atoms with van der Waals surface area (Å²) in [6.07, 6.45) is 2.49. The van der Waals surface area contributed by atoms with Gasteiger partial charge in [0, 0.05) is 23.8 Å². The molecular formula is C23H31N5O6S. The highest BCUT2D eigenvalue weighted by atomic mass is 32.1. The number of carbonyl (C=O) groups is 3. The Morgan fingerprint density at radius 3 is 2.77 bits per heavy atom. The number of thiophene rings is 1. The van der Waals surface area contributed by atoms with Crippen LogP contribution in [0.2, 0.25) is 0 Å². The molecule has 0 spiro atoms. The number of carbonyl (C=O) groups excluding carboxylic acids is 3. The Hall–Kier alpha value is -3.41. The van der Waals surface area contributed by atoms with Crippen molar-refractivity contribution in [1.82, 2.24) is 15.3 Å². The highest BCUT2D eigenvalue weighted by molar-refractivity contribution is 7.14. The Morgan fingerprint density at radius 1 is 1.26 bits per heavy atom. The summed E-state index contributed by atoms with van der Waals surface area (Å²) in [5.41, 5.74) is 6.28. The molecule has 1 aliphatic rings. The molecule has 5 N–H and O–H groups in total. The van der Waals surface area contributed by atoms with Gasteiger partial charge < -0.3 is 30.9 Å². The topological polar surface area (TPSA) is 166 Å². The molecule has 0 aliphatic carbocycles. The first-order chi connectivity index (χ1) is 16.8. The number of rotatable bonds is 12. The Morgan fingerprint density at radius 2 is 2.03 bits per heavy atom. The molecule has 3 rings (SSSR count). The SMILES string of the molecule is CCOC(=O)CC[C@@H](NC(=O)c1ccc(CCCC2CNc3nc(N)nc(O)c32)s1)C(=O)OCC. The van der Waals surface area contributed by atoms with Crippen LogP contribution >= 0.6 is 11.3 Å². The van der Waals surface area contributed by atoms with Gasteiger partial charge in [0.05, 0.1) is 23.7 Å². The van der Waals surface area contributed by atoms with E-state index in [1.807, 2.05) is 6.07 Å². The van der Waals surface area contributed by atoms with E-state index in [0.717, 1.165) is 24.1 Å². The van der Waals surface area contributed by atoms with E-state index >= 15 is 0 Å². The lowest BCUT2D eigenvalue weighted by Crippen LogP contribution is -2.42. The fraction of sp³-hybridized carbons (Fsp3) is 0.522. The van der Waals surface area contributed by atoms with Crippen molar-refractivity contribution in [1.29, 1.82) is 0 Å². The number of fused-ring (bicyclic) bond motifs is 1. The summed E-state index contributed by atoms with van der Waals surface area (Å²) >= 11 is 1.35. The molecule has 0 bridgehead atoms. The first-order valence-electron chi connectivity index (χ1n) is 11.6. The van der Waals surface area contributed by atoms with E-state index in [2.05, 4.69) is 20.6 Å². The zero-order valence-electron chi connectivity index (χ0n) is 19.8. The van der Waals surface area contributed by atoms with E-state index in [-0.39, 0.29) is 43.8 Å². The molecule has 1 aliphatic heterocycles. The van der Waals surface area contributed by atoms with Gasteiger partial charge in [-0.3, -0.25) is 9.59 Å².